The number of hydrogen-bond acceptors (Lipinski definition) is 4. The molecule has 0 unspecified atom stereocenters. The summed E-state index contributed by atoms with van der Waals surface area (Å²) in [7, 11) is 1.38. The smallest absolute Gasteiger partial charge is 0.323 e. The summed E-state index contributed by atoms with van der Waals surface area (Å²) in [5.74, 6) is -0.450. The minimum atomic E-state index is -0.457. The first-order valence-corrected chi connectivity index (χ1v) is 9.29. The molecular weight excluding hydrogens is 364 g/mol. The highest BCUT2D eigenvalue weighted by Gasteiger charge is 2.33. The SMILES string of the molecule is COC(=O)[C@H]1Cc2ccccc2CN1CC(=O)N[C@H](C)c1ccc(Cl)cc1. The number of rotatable bonds is 5. The number of fused-ring (bicyclic) bond motifs is 1. The number of ether oxygens (including phenoxy) is 1. The molecule has 27 heavy (non-hydrogen) atoms. The Bertz CT molecular complexity index is 822. The van der Waals surface area contributed by atoms with Gasteiger partial charge in [-0.15, -0.1) is 0 Å². The van der Waals surface area contributed by atoms with Gasteiger partial charge in [-0.1, -0.05) is 48.0 Å². The zero-order valence-corrected chi connectivity index (χ0v) is 16.2. The van der Waals surface area contributed by atoms with Crippen molar-refractivity contribution in [3.63, 3.8) is 0 Å². The number of carbonyl (C=O) groups is 2. The predicted octanol–water partition coefficient (Wildman–Crippen LogP) is 3.12. The zero-order valence-electron chi connectivity index (χ0n) is 15.4. The molecule has 3 rings (SSSR count). The minimum Gasteiger partial charge on any atom is -0.468 e. The second kappa shape index (κ2) is 8.55. The Hall–Kier alpha value is -2.37. The molecule has 0 fully saturated rings. The molecule has 1 aliphatic rings. The molecule has 1 N–H and O–H groups in total. The summed E-state index contributed by atoms with van der Waals surface area (Å²) in [5, 5.41) is 3.65. The van der Waals surface area contributed by atoms with Gasteiger partial charge in [-0.05, 0) is 42.2 Å². The molecule has 6 heteroatoms. The number of nitrogens with one attached hydrogen (secondary N) is 1. The average molecular weight is 387 g/mol. The van der Waals surface area contributed by atoms with Gasteiger partial charge in [-0.2, -0.15) is 0 Å². The maximum atomic E-state index is 12.6. The van der Waals surface area contributed by atoms with Crippen LogP contribution in [0.15, 0.2) is 48.5 Å². The van der Waals surface area contributed by atoms with Gasteiger partial charge in [0.1, 0.15) is 6.04 Å². The fourth-order valence-corrected chi connectivity index (χ4v) is 3.54. The first kappa shape index (κ1) is 19.4. The van der Waals surface area contributed by atoms with Crippen LogP contribution in [0.5, 0.6) is 0 Å². The summed E-state index contributed by atoms with van der Waals surface area (Å²) >= 11 is 5.91. The lowest BCUT2D eigenvalue weighted by molar-refractivity contribution is -0.148. The molecule has 0 bridgehead atoms. The van der Waals surface area contributed by atoms with Crippen molar-refractivity contribution in [3.05, 3.63) is 70.2 Å². The predicted molar refractivity (Wildman–Crippen MR) is 104 cm³/mol. The minimum absolute atomic E-state index is 0.131. The molecule has 142 valence electrons. The van der Waals surface area contributed by atoms with Crippen LogP contribution in [-0.4, -0.2) is 36.5 Å². The van der Waals surface area contributed by atoms with E-state index in [1.165, 1.54) is 7.11 Å². The summed E-state index contributed by atoms with van der Waals surface area (Å²) in [5.41, 5.74) is 3.23. The van der Waals surface area contributed by atoms with E-state index in [1.54, 1.807) is 12.1 Å². The van der Waals surface area contributed by atoms with Crippen molar-refractivity contribution in [3.8, 4) is 0 Å². The van der Waals surface area contributed by atoms with Crippen LogP contribution in [0.4, 0.5) is 0 Å². The van der Waals surface area contributed by atoms with Gasteiger partial charge in [0.05, 0.1) is 19.7 Å². The van der Waals surface area contributed by atoms with Crippen molar-refractivity contribution < 1.29 is 14.3 Å². The third kappa shape index (κ3) is 4.67. The Labute approximate surface area is 164 Å². The average Bonchev–Trinajstić information content (AvgIpc) is 2.67. The fourth-order valence-electron chi connectivity index (χ4n) is 3.42. The number of amides is 1. The third-order valence-electron chi connectivity index (χ3n) is 4.91. The highest BCUT2D eigenvalue weighted by molar-refractivity contribution is 6.30. The van der Waals surface area contributed by atoms with E-state index in [9.17, 15) is 9.59 Å². The summed E-state index contributed by atoms with van der Waals surface area (Å²) in [4.78, 5) is 26.7. The zero-order chi connectivity index (χ0) is 19.4. The van der Waals surface area contributed by atoms with Gasteiger partial charge < -0.3 is 10.1 Å². The lowest BCUT2D eigenvalue weighted by atomic mass is 9.94. The highest BCUT2D eigenvalue weighted by atomic mass is 35.5. The second-order valence-corrected chi connectivity index (χ2v) is 7.19. The summed E-state index contributed by atoms with van der Waals surface area (Å²) in [6.07, 6.45) is 0.545. The number of nitrogens with zero attached hydrogens (tertiary/aromatic N) is 1. The lowest BCUT2D eigenvalue weighted by Crippen LogP contribution is -2.50. The number of esters is 1. The van der Waals surface area contributed by atoms with Gasteiger partial charge in [-0.3, -0.25) is 14.5 Å². The van der Waals surface area contributed by atoms with E-state index >= 15 is 0 Å². The van der Waals surface area contributed by atoms with Gasteiger partial charge in [0.15, 0.2) is 0 Å². The number of carbonyl (C=O) groups excluding carboxylic acids is 2. The largest absolute Gasteiger partial charge is 0.468 e. The fraction of sp³-hybridized carbons (Fsp3) is 0.333. The Morgan fingerprint density at radius 2 is 1.85 bits per heavy atom. The summed E-state index contributed by atoms with van der Waals surface area (Å²) in [6.45, 7) is 2.59. The maximum absolute atomic E-state index is 12.6. The van der Waals surface area contributed by atoms with Crippen LogP contribution in [0.3, 0.4) is 0 Å². The first-order valence-electron chi connectivity index (χ1n) is 8.91. The Balaban J connectivity index is 1.69. The van der Waals surface area contributed by atoms with Crippen LogP contribution in [0.2, 0.25) is 5.02 Å². The Kier molecular flexibility index (Phi) is 6.14. The van der Waals surface area contributed by atoms with E-state index in [0.29, 0.717) is 18.0 Å². The maximum Gasteiger partial charge on any atom is 0.323 e. The molecule has 0 aromatic heterocycles. The number of benzene rings is 2. The van der Waals surface area contributed by atoms with Gasteiger partial charge in [-0.25, -0.2) is 0 Å². The van der Waals surface area contributed by atoms with Crippen molar-refractivity contribution in [2.45, 2.75) is 32.0 Å². The van der Waals surface area contributed by atoms with E-state index in [4.69, 9.17) is 16.3 Å². The third-order valence-corrected chi connectivity index (χ3v) is 5.17. The van der Waals surface area contributed by atoms with Crippen molar-refractivity contribution in [2.75, 3.05) is 13.7 Å². The molecule has 1 aliphatic heterocycles. The number of methoxy groups -OCH3 is 1. The summed E-state index contributed by atoms with van der Waals surface area (Å²) < 4.78 is 4.95. The van der Waals surface area contributed by atoms with Crippen LogP contribution in [0, 0.1) is 0 Å². The van der Waals surface area contributed by atoms with E-state index in [2.05, 4.69) is 5.32 Å². The van der Waals surface area contributed by atoms with Crippen molar-refractivity contribution in [1.29, 1.82) is 0 Å². The molecule has 1 amide bonds. The van der Waals surface area contributed by atoms with Crippen LogP contribution in [-0.2, 0) is 27.3 Å². The second-order valence-electron chi connectivity index (χ2n) is 6.76. The molecule has 5 nitrogen and oxygen atoms in total. The molecule has 0 saturated heterocycles. The molecule has 2 atom stereocenters. The van der Waals surface area contributed by atoms with E-state index in [-0.39, 0.29) is 24.5 Å². The molecule has 0 aliphatic carbocycles. The van der Waals surface area contributed by atoms with Crippen molar-refractivity contribution in [2.24, 2.45) is 0 Å². The van der Waals surface area contributed by atoms with Gasteiger partial charge in [0, 0.05) is 11.6 Å². The Morgan fingerprint density at radius 3 is 2.52 bits per heavy atom. The van der Waals surface area contributed by atoms with Gasteiger partial charge in [0.2, 0.25) is 5.91 Å². The Morgan fingerprint density at radius 1 is 1.19 bits per heavy atom. The first-order chi connectivity index (χ1) is 13.0. The van der Waals surface area contributed by atoms with Crippen molar-refractivity contribution >= 4 is 23.5 Å². The lowest BCUT2D eigenvalue weighted by Gasteiger charge is -2.34. The van der Waals surface area contributed by atoms with Gasteiger partial charge in [0.25, 0.3) is 0 Å². The van der Waals surface area contributed by atoms with E-state index in [0.717, 1.165) is 16.7 Å². The van der Waals surface area contributed by atoms with E-state index < -0.39 is 6.04 Å². The molecule has 2 aromatic carbocycles. The molecule has 0 saturated carbocycles. The monoisotopic (exact) mass is 386 g/mol. The standard InChI is InChI=1S/C21H23ClN2O3/c1-14(15-7-9-18(22)10-8-15)23-20(25)13-24-12-17-6-4-3-5-16(17)11-19(24)21(26)27-2/h3-10,14,19H,11-13H2,1-2H3,(H,23,25)/t14-,19-/m1/s1. The quantitative estimate of drug-likeness (QED) is 0.802. The normalized spacial score (nSPS) is 17.7. The topological polar surface area (TPSA) is 58.6 Å². The van der Waals surface area contributed by atoms with Crippen LogP contribution >= 0.6 is 11.6 Å². The molecule has 2 aromatic rings. The number of hydrogen-bond donors (Lipinski definition) is 1. The van der Waals surface area contributed by atoms with Crippen molar-refractivity contribution in [1.82, 2.24) is 10.2 Å². The molecule has 0 spiro atoms. The number of halogens is 1. The highest BCUT2D eigenvalue weighted by Crippen LogP contribution is 2.24. The van der Waals surface area contributed by atoms with Crippen LogP contribution in [0.25, 0.3) is 0 Å². The van der Waals surface area contributed by atoms with Crippen LogP contribution in [0.1, 0.15) is 29.7 Å². The van der Waals surface area contributed by atoms with Gasteiger partial charge >= 0.3 is 5.97 Å². The molecular formula is C21H23ClN2O3. The molecule has 0 radical (unpaired) electrons. The summed E-state index contributed by atoms with van der Waals surface area (Å²) in [6, 6.07) is 14.8. The molecule has 1 heterocycles. The van der Waals surface area contributed by atoms with Crippen LogP contribution < -0.4 is 5.32 Å². The van der Waals surface area contributed by atoms with E-state index in [1.807, 2.05) is 48.2 Å².